The first-order chi connectivity index (χ1) is 6.79. The highest BCUT2D eigenvalue weighted by Crippen LogP contribution is 2.29. The lowest BCUT2D eigenvalue weighted by Gasteiger charge is -2.03. The molecule has 1 heteroatoms. The topological polar surface area (TPSA) is 12.0 Å². The predicted molar refractivity (Wildman–Crippen MR) is 58.8 cm³/mol. The minimum atomic E-state index is 0.738. The van der Waals surface area contributed by atoms with Gasteiger partial charge < -0.3 is 5.32 Å². The Morgan fingerprint density at radius 2 is 2.07 bits per heavy atom. The van der Waals surface area contributed by atoms with Crippen molar-refractivity contribution < 1.29 is 0 Å². The standard InChI is InChI=1S/C13H15N/c1-3-11-4-6-12(7-5-11)9-14-13-8-10(13)2/h1,4-7,10,13-14H,8-9H2,2H3. The van der Waals surface area contributed by atoms with Crippen molar-refractivity contribution in [2.75, 3.05) is 0 Å². The van der Waals surface area contributed by atoms with Gasteiger partial charge >= 0.3 is 0 Å². The van der Waals surface area contributed by atoms with Crippen molar-refractivity contribution in [3.05, 3.63) is 35.4 Å². The summed E-state index contributed by atoms with van der Waals surface area (Å²) in [7, 11) is 0. The fourth-order valence-corrected chi connectivity index (χ4v) is 1.57. The lowest BCUT2D eigenvalue weighted by molar-refractivity contribution is 0.652. The zero-order valence-electron chi connectivity index (χ0n) is 8.46. The van der Waals surface area contributed by atoms with Gasteiger partial charge in [-0.3, -0.25) is 0 Å². The third-order valence-corrected chi connectivity index (χ3v) is 2.80. The molecule has 1 aromatic rings. The average Bonchev–Trinajstić information content (AvgIpc) is 2.92. The molecule has 0 spiro atoms. The molecule has 1 nitrogen and oxygen atoms in total. The molecular formula is C13H15N. The van der Waals surface area contributed by atoms with E-state index in [1.54, 1.807) is 0 Å². The van der Waals surface area contributed by atoms with Crippen LogP contribution in [0.3, 0.4) is 0 Å². The van der Waals surface area contributed by atoms with Gasteiger partial charge in [0.1, 0.15) is 0 Å². The van der Waals surface area contributed by atoms with E-state index < -0.39 is 0 Å². The van der Waals surface area contributed by atoms with E-state index in [0.29, 0.717) is 0 Å². The summed E-state index contributed by atoms with van der Waals surface area (Å²) >= 11 is 0. The first-order valence-corrected chi connectivity index (χ1v) is 5.08. The SMILES string of the molecule is C#Cc1ccc(CNC2CC2C)cc1. The van der Waals surface area contributed by atoms with Crippen molar-refractivity contribution in [3.63, 3.8) is 0 Å². The monoisotopic (exact) mass is 185 g/mol. The Morgan fingerprint density at radius 1 is 1.43 bits per heavy atom. The molecule has 14 heavy (non-hydrogen) atoms. The summed E-state index contributed by atoms with van der Waals surface area (Å²) in [6, 6.07) is 8.91. The van der Waals surface area contributed by atoms with Gasteiger partial charge in [0, 0.05) is 18.2 Å². The summed E-state index contributed by atoms with van der Waals surface area (Å²) in [4.78, 5) is 0. The Bertz CT molecular complexity index is 344. The fraction of sp³-hybridized carbons (Fsp3) is 0.385. The normalized spacial score (nSPS) is 24.3. The van der Waals surface area contributed by atoms with Gasteiger partial charge in [-0.05, 0) is 30.0 Å². The van der Waals surface area contributed by atoms with Crippen LogP contribution in [0.1, 0.15) is 24.5 Å². The van der Waals surface area contributed by atoms with Crippen LogP contribution in [0.4, 0.5) is 0 Å². The molecule has 2 unspecified atom stereocenters. The van der Waals surface area contributed by atoms with Crippen LogP contribution >= 0.6 is 0 Å². The van der Waals surface area contributed by atoms with Gasteiger partial charge in [0.05, 0.1) is 0 Å². The van der Waals surface area contributed by atoms with E-state index in [4.69, 9.17) is 6.42 Å². The summed E-state index contributed by atoms with van der Waals surface area (Å²) < 4.78 is 0. The summed E-state index contributed by atoms with van der Waals surface area (Å²) in [5.74, 6) is 3.48. The van der Waals surface area contributed by atoms with Gasteiger partial charge in [0.2, 0.25) is 0 Å². The van der Waals surface area contributed by atoms with Gasteiger partial charge in [-0.1, -0.05) is 25.0 Å². The molecule has 0 aromatic heterocycles. The first-order valence-electron chi connectivity index (χ1n) is 5.08. The van der Waals surface area contributed by atoms with Crippen LogP contribution in [0, 0.1) is 18.3 Å². The van der Waals surface area contributed by atoms with Gasteiger partial charge in [-0.15, -0.1) is 6.42 Å². The molecule has 1 N–H and O–H groups in total. The van der Waals surface area contributed by atoms with Crippen LogP contribution in [0.5, 0.6) is 0 Å². The number of benzene rings is 1. The molecule has 0 aliphatic heterocycles. The average molecular weight is 185 g/mol. The summed E-state index contributed by atoms with van der Waals surface area (Å²) in [5, 5.41) is 3.51. The molecule has 0 saturated heterocycles. The van der Waals surface area contributed by atoms with E-state index in [2.05, 4.69) is 30.3 Å². The molecule has 0 heterocycles. The van der Waals surface area contributed by atoms with E-state index in [0.717, 1.165) is 24.1 Å². The Kier molecular flexibility index (Phi) is 2.56. The highest BCUT2D eigenvalue weighted by molar-refractivity contribution is 5.34. The van der Waals surface area contributed by atoms with Crippen LogP contribution in [0.15, 0.2) is 24.3 Å². The van der Waals surface area contributed by atoms with Crippen LogP contribution in [0.2, 0.25) is 0 Å². The first kappa shape index (κ1) is 9.30. The second-order valence-corrected chi connectivity index (χ2v) is 4.04. The smallest absolute Gasteiger partial charge is 0.0242 e. The Balaban J connectivity index is 1.87. The third kappa shape index (κ3) is 2.16. The Labute approximate surface area is 85.5 Å². The van der Waals surface area contributed by atoms with E-state index in [1.807, 2.05) is 12.1 Å². The second-order valence-electron chi connectivity index (χ2n) is 4.04. The minimum Gasteiger partial charge on any atom is -0.310 e. The maximum absolute atomic E-state index is 5.28. The highest BCUT2D eigenvalue weighted by atomic mass is 15.0. The lowest BCUT2D eigenvalue weighted by Crippen LogP contribution is -2.16. The molecule has 1 aromatic carbocycles. The molecule has 0 amide bonds. The zero-order valence-corrected chi connectivity index (χ0v) is 8.46. The van der Waals surface area contributed by atoms with Gasteiger partial charge in [0.25, 0.3) is 0 Å². The molecule has 1 aliphatic rings. The van der Waals surface area contributed by atoms with Crippen LogP contribution in [-0.2, 0) is 6.54 Å². The maximum Gasteiger partial charge on any atom is 0.0242 e. The Morgan fingerprint density at radius 3 is 2.57 bits per heavy atom. The van der Waals surface area contributed by atoms with Crippen LogP contribution in [-0.4, -0.2) is 6.04 Å². The van der Waals surface area contributed by atoms with Crippen molar-refractivity contribution in [2.24, 2.45) is 5.92 Å². The van der Waals surface area contributed by atoms with Crippen molar-refractivity contribution in [1.82, 2.24) is 5.32 Å². The van der Waals surface area contributed by atoms with Crippen molar-refractivity contribution in [1.29, 1.82) is 0 Å². The summed E-state index contributed by atoms with van der Waals surface area (Å²) in [6.45, 7) is 3.24. The van der Waals surface area contributed by atoms with Crippen molar-refractivity contribution >= 4 is 0 Å². The molecular weight excluding hydrogens is 170 g/mol. The molecule has 0 radical (unpaired) electrons. The number of nitrogens with one attached hydrogen (secondary N) is 1. The van der Waals surface area contributed by atoms with Crippen LogP contribution < -0.4 is 5.32 Å². The quantitative estimate of drug-likeness (QED) is 0.712. The molecule has 1 aliphatic carbocycles. The van der Waals surface area contributed by atoms with Gasteiger partial charge in [0.15, 0.2) is 0 Å². The number of rotatable bonds is 3. The van der Waals surface area contributed by atoms with E-state index in [9.17, 15) is 0 Å². The number of terminal acetylenes is 1. The molecule has 72 valence electrons. The largest absolute Gasteiger partial charge is 0.310 e. The second kappa shape index (κ2) is 3.86. The summed E-state index contributed by atoms with van der Waals surface area (Å²) in [6.07, 6.45) is 6.61. The van der Waals surface area contributed by atoms with E-state index >= 15 is 0 Å². The predicted octanol–water partition coefficient (Wildman–Crippen LogP) is 2.17. The van der Waals surface area contributed by atoms with Crippen LogP contribution in [0.25, 0.3) is 0 Å². The van der Waals surface area contributed by atoms with E-state index in [-0.39, 0.29) is 0 Å². The Hall–Kier alpha value is -1.26. The highest BCUT2D eigenvalue weighted by Gasteiger charge is 2.31. The lowest BCUT2D eigenvalue weighted by atomic mass is 10.1. The molecule has 1 saturated carbocycles. The summed E-state index contributed by atoms with van der Waals surface area (Å²) in [5.41, 5.74) is 2.26. The molecule has 2 rings (SSSR count). The molecule has 0 bridgehead atoms. The molecule has 1 fully saturated rings. The third-order valence-electron chi connectivity index (χ3n) is 2.80. The van der Waals surface area contributed by atoms with Gasteiger partial charge in [-0.2, -0.15) is 0 Å². The zero-order chi connectivity index (χ0) is 9.97. The number of hydrogen-bond donors (Lipinski definition) is 1. The van der Waals surface area contributed by atoms with Crippen molar-refractivity contribution in [3.8, 4) is 12.3 Å². The number of hydrogen-bond acceptors (Lipinski definition) is 1. The van der Waals surface area contributed by atoms with E-state index in [1.165, 1.54) is 12.0 Å². The molecule has 2 atom stereocenters. The van der Waals surface area contributed by atoms with Crippen molar-refractivity contribution in [2.45, 2.75) is 25.9 Å². The van der Waals surface area contributed by atoms with Gasteiger partial charge in [-0.25, -0.2) is 0 Å². The fourth-order valence-electron chi connectivity index (χ4n) is 1.57. The maximum atomic E-state index is 5.28. The minimum absolute atomic E-state index is 0.738.